The number of nitrogens with zero attached hydrogens (tertiary/aromatic N) is 2. The van der Waals surface area contributed by atoms with Crippen molar-refractivity contribution in [2.45, 2.75) is 33.1 Å². The highest BCUT2D eigenvalue weighted by Crippen LogP contribution is 2.33. The summed E-state index contributed by atoms with van der Waals surface area (Å²) < 4.78 is 2.22. The van der Waals surface area contributed by atoms with E-state index in [-0.39, 0.29) is 5.91 Å². The average Bonchev–Trinajstić information content (AvgIpc) is 3.07. The van der Waals surface area contributed by atoms with Gasteiger partial charge in [-0.25, -0.2) is 4.98 Å². The number of fused-ring (bicyclic) bond motifs is 2. The van der Waals surface area contributed by atoms with E-state index in [0.29, 0.717) is 12.3 Å². The third kappa shape index (κ3) is 2.13. The molecule has 1 N–H and O–H groups in total. The van der Waals surface area contributed by atoms with Crippen molar-refractivity contribution in [3.05, 3.63) is 53.3 Å². The summed E-state index contributed by atoms with van der Waals surface area (Å²) in [5.74, 6) is 0.456. The summed E-state index contributed by atoms with van der Waals surface area (Å²) in [5.41, 5.74) is 6.40. The van der Waals surface area contributed by atoms with Crippen LogP contribution in [0.15, 0.2) is 36.5 Å². The molecule has 4 nitrogen and oxygen atoms in total. The van der Waals surface area contributed by atoms with Crippen molar-refractivity contribution in [2.75, 3.05) is 5.32 Å². The summed E-state index contributed by atoms with van der Waals surface area (Å²) in [7, 11) is 0. The Morgan fingerprint density at radius 3 is 2.87 bits per heavy atom. The van der Waals surface area contributed by atoms with Gasteiger partial charge >= 0.3 is 0 Å². The largest absolute Gasteiger partial charge is 0.325 e. The summed E-state index contributed by atoms with van der Waals surface area (Å²) in [5, 5.41) is 4.09. The molecular weight excluding hydrogens is 286 g/mol. The first-order valence-corrected chi connectivity index (χ1v) is 7.94. The second-order valence-corrected chi connectivity index (χ2v) is 6.50. The van der Waals surface area contributed by atoms with E-state index < -0.39 is 0 Å². The summed E-state index contributed by atoms with van der Waals surface area (Å²) in [6, 6.07) is 10.5. The fraction of sp³-hybridized carbons (Fsp3) is 0.263. The SMILES string of the molecule is Cc1cc(-n2c(C(C)C)cc3cccnc32)cc2c1NC(=O)C2. The van der Waals surface area contributed by atoms with Gasteiger partial charge in [-0.3, -0.25) is 9.36 Å². The molecule has 1 aliphatic rings. The van der Waals surface area contributed by atoms with E-state index in [2.05, 4.69) is 53.0 Å². The van der Waals surface area contributed by atoms with Gasteiger partial charge in [-0.15, -0.1) is 0 Å². The number of hydrogen-bond acceptors (Lipinski definition) is 2. The Bertz CT molecular complexity index is 937. The van der Waals surface area contributed by atoms with Crippen LogP contribution in [-0.4, -0.2) is 15.5 Å². The number of anilines is 1. The Morgan fingerprint density at radius 1 is 1.26 bits per heavy atom. The Hall–Kier alpha value is -2.62. The van der Waals surface area contributed by atoms with Crippen molar-refractivity contribution in [1.82, 2.24) is 9.55 Å². The topological polar surface area (TPSA) is 46.9 Å². The average molecular weight is 305 g/mol. The van der Waals surface area contributed by atoms with E-state index >= 15 is 0 Å². The quantitative estimate of drug-likeness (QED) is 0.779. The molecule has 2 aromatic heterocycles. The van der Waals surface area contributed by atoms with Gasteiger partial charge < -0.3 is 5.32 Å². The molecule has 3 aromatic rings. The van der Waals surface area contributed by atoms with Crippen molar-refractivity contribution in [2.24, 2.45) is 0 Å². The number of amides is 1. The predicted molar refractivity (Wildman–Crippen MR) is 92.2 cm³/mol. The fourth-order valence-corrected chi connectivity index (χ4v) is 3.39. The lowest BCUT2D eigenvalue weighted by atomic mass is 10.1. The zero-order chi connectivity index (χ0) is 16.1. The van der Waals surface area contributed by atoms with Crippen LogP contribution in [-0.2, 0) is 11.2 Å². The van der Waals surface area contributed by atoms with Crippen LogP contribution < -0.4 is 5.32 Å². The van der Waals surface area contributed by atoms with E-state index in [1.807, 2.05) is 19.2 Å². The standard InChI is InChI=1S/C19H19N3O/c1-11(2)16-9-13-5-4-6-20-19(13)22(16)15-7-12(3)18-14(8-15)10-17(23)21-18/h4-9,11H,10H2,1-3H3,(H,21,23). The van der Waals surface area contributed by atoms with Crippen molar-refractivity contribution in [3.8, 4) is 5.69 Å². The first-order valence-electron chi connectivity index (χ1n) is 7.94. The highest BCUT2D eigenvalue weighted by atomic mass is 16.1. The van der Waals surface area contributed by atoms with Crippen LogP contribution in [0.4, 0.5) is 5.69 Å². The number of rotatable bonds is 2. The Balaban J connectivity index is 2.00. The first-order chi connectivity index (χ1) is 11.0. The van der Waals surface area contributed by atoms with E-state index in [9.17, 15) is 4.79 Å². The van der Waals surface area contributed by atoms with E-state index in [1.54, 1.807) is 0 Å². The molecule has 4 heteroatoms. The third-order valence-corrected chi connectivity index (χ3v) is 4.46. The lowest BCUT2D eigenvalue weighted by Crippen LogP contribution is -2.04. The molecule has 0 atom stereocenters. The number of carbonyl (C=O) groups is 1. The second-order valence-electron chi connectivity index (χ2n) is 6.50. The highest BCUT2D eigenvalue weighted by Gasteiger charge is 2.22. The minimum atomic E-state index is 0.0693. The summed E-state index contributed by atoms with van der Waals surface area (Å²) >= 11 is 0. The number of carbonyl (C=O) groups excluding carboxylic acids is 1. The molecule has 0 fully saturated rings. The maximum Gasteiger partial charge on any atom is 0.228 e. The Labute approximate surface area is 135 Å². The van der Waals surface area contributed by atoms with Crippen molar-refractivity contribution < 1.29 is 4.79 Å². The second kappa shape index (κ2) is 4.95. The Morgan fingerprint density at radius 2 is 2.09 bits per heavy atom. The van der Waals surface area contributed by atoms with Gasteiger partial charge in [-0.05, 0) is 54.3 Å². The number of aromatic nitrogens is 2. The monoisotopic (exact) mass is 305 g/mol. The molecule has 23 heavy (non-hydrogen) atoms. The highest BCUT2D eigenvalue weighted by molar-refractivity contribution is 6.00. The summed E-state index contributed by atoms with van der Waals surface area (Å²) in [6.45, 7) is 6.42. The molecule has 0 unspecified atom stereocenters. The van der Waals surface area contributed by atoms with Crippen molar-refractivity contribution >= 4 is 22.6 Å². The van der Waals surface area contributed by atoms with E-state index in [4.69, 9.17) is 0 Å². The molecule has 1 amide bonds. The Kier molecular flexibility index (Phi) is 3.01. The maximum atomic E-state index is 11.7. The normalized spacial score (nSPS) is 13.7. The molecule has 1 aliphatic heterocycles. The van der Waals surface area contributed by atoms with Crippen molar-refractivity contribution in [3.63, 3.8) is 0 Å². The minimum Gasteiger partial charge on any atom is -0.325 e. The number of pyridine rings is 1. The van der Waals surface area contributed by atoms with E-state index in [1.165, 1.54) is 5.69 Å². The minimum absolute atomic E-state index is 0.0693. The molecule has 0 spiro atoms. The lowest BCUT2D eigenvalue weighted by molar-refractivity contribution is -0.115. The van der Waals surface area contributed by atoms with Gasteiger partial charge in [0, 0.05) is 28.7 Å². The zero-order valence-corrected chi connectivity index (χ0v) is 13.6. The summed E-state index contributed by atoms with van der Waals surface area (Å²) in [6.07, 6.45) is 2.28. The van der Waals surface area contributed by atoms with Gasteiger partial charge in [-0.1, -0.05) is 13.8 Å². The van der Waals surface area contributed by atoms with Crippen molar-refractivity contribution in [1.29, 1.82) is 0 Å². The van der Waals surface area contributed by atoms with Crippen LogP contribution >= 0.6 is 0 Å². The van der Waals surface area contributed by atoms with Crippen LogP contribution in [0.25, 0.3) is 16.7 Å². The van der Waals surface area contributed by atoms with Crippen LogP contribution in [0.2, 0.25) is 0 Å². The molecule has 0 aliphatic carbocycles. The molecule has 4 rings (SSSR count). The number of hydrogen-bond donors (Lipinski definition) is 1. The maximum absolute atomic E-state index is 11.7. The number of aryl methyl sites for hydroxylation is 1. The fourth-order valence-electron chi connectivity index (χ4n) is 3.39. The number of benzene rings is 1. The molecule has 116 valence electrons. The smallest absolute Gasteiger partial charge is 0.228 e. The van der Waals surface area contributed by atoms with Gasteiger partial charge in [-0.2, -0.15) is 0 Å². The van der Waals surface area contributed by atoms with Gasteiger partial charge in [0.1, 0.15) is 5.65 Å². The molecule has 1 aromatic carbocycles. The van der Waals surface area contributed by atoms with Gasteiger partial charge in [0.05, 0.1) is 6.42 Å². The van der Waals surface area contributed by atoms with Gasteiger partial charge in [0.15, 0.2) is 0 Å². The molecule has 0 saturated carbocycles. The van der Waals surface area contributed by atoms with Crippen LogP contribution in [0.1, 0.15) is 36.6 Å². The number of nitrogens with one attached hydrogen (secondary N) is 1. The molecule has 0 bridgehead atoms. The van der Waals surface area contributed by atoms with Crippen LogP contribution in [0.3, 0.4) is 0 Å². The molecule has 3 heterocycles. The van der Waals surface area contributed by atoms with Gasteiger partial charge in [0.2, 0.25) is 5.91 Å². The molecular formula is C19H19N3O. The van der Waals surface area contributed by atoms with Crippen LogP contribution in [0, 0.1) is 6.92 Å². The summed E-state index contributed by atoms with van der Waals surface area (Å²) in [4.78, 5) is 16.3. The zero-order valence-electron chi connectivity index (χ0n) is 13.6. The van der Waals surface area contributed by atoms with E-state index in [0.717, 1.165) is 33.5 Å². The third-order valence-electron chi connectivity index (χ3n) is 4.46. The lowest BCUT2D eigenvalue weighted by Gasteiger charge is -2.15. The molecule has 0 radical (unpaired) electrons. The van der Waals surface area contributed by atoms with Gasteiger partial charge in [0.25, 0.3) is 0 Å². The predicted octanol–water partition coefficient (Wildman–Crippen LogP) is 3.95. The molecule has 0 saturated heterocycles. The van der Waals surface area contributed by atoms with Crippen LogP contribution in [0.5, 0.6) is 0 Å². The first kappa shape index (κ1) is 14.0.